The second-order valence-electron chi connectivity index (χ2n) is 4.75. The lowest BCUT2D eigenvalue weighted by Crippen LogP contribution is -2.03. The third-order valence-electron chi connectivity index (χ3n) is 3.31. The van der Waals surface area contributed by atoms with Crippen LogP contribution in [0.1, 0.15) is 23.2 Å². The minimum atomic E-state index is -0.979. The topological polar surface area (TPSA) is 83.0 Å². The van der Waals surface area contributed by atoms with Crippen molar-refractivity contribution in [3.05, 3.63) is 41.0 Å². The zero-order valence-electron chi connectivity index (χ0n) is 10.9. The van der Waals surface area contributed by atoms with Crippen LogP contribution in [-0.4, -0.2) is 26.8 Å². The fraction of sp³-hybridized carbons (Fsp3) is 0.133. The van der Waals surface area contributed by atoms with Crippen LogP contribution in [0.25, 0.3) is 21.9 Å². The highest BCUT2D eigenvalue weighted by Gasteiger charge is 2.12. The minimum Gasteiger partial charge on any atom is -0.481 e. The van der Waals surface area contributed by atoms with Crippen molar-refractivity contribution in [1.82, 2.24) is 9.97 Å². The highest BCUT2D eigenvalue weighted by molar-refractivity contribution is 6.31. The number of Topliss-reactive ketones (excluding diaryl/α,β-unsaturated/α-hetero) is 1. The van der Waals surface area contributed by atoms with Crippen LogP contribution in [0.3, 0.4) is 0 Å². The number of aromatic nitrogens is 2. The summed E-state index contributed by atoms with van der Waals surface area (Å²) in [4.78, 5) is 29.9. The van der Waals surface area contributed by atoms with Crippen LogP contribution in [0.2, 0.25) is 5.02 Å². The third kappa shape index (κ3) is 2.60. The van der Waals surface area contributed by atoms with Gasteiger partial charge in [0.15, 0.2) is 5.78 Å². The quantitative estimate of drug-likeness (QED) is 0.723. The van der Waals surface area contributed by atoms with Crippen molar-refractivity contribution >= 4 is 45.3 Å². The number of ketones is 1. The molecule has 0 unspecified atom stereocenters. The maximum atomic E-state index is 12.0. The molecule has 106 valence electrons. The van der Waals surface area contributed by atoms with E-state index in [4.69, 9.17) is 16.7 Å². The number of aliphatic carboxylic acids is 1. The molecule has 3 rings (SSSR count). The largest absolute Gasteiger partial charge is 0.481 e. The summed E-state index contributed by atoms with van der Waals surface area (Å²) in [5.41, 5.74) is 2.05. The number of pyridine rings is 1. The van der Waals surface area contributed by atoms with E-state index in [2.05, 4.69) is 9.97 Å². The summed E-state index contributed by atoms with van der Waals surface area (Å²) in [5.74, 6) is -1.17. The van der Waals surface area contributed by atoms with Crippen LogP contribution in [0.5, 0.6) is 0 Å². The molecule has 0 saturated carbocycles. The van der Waals surface area contributed by atoms with Gasteiger partial charge in [-0.15, -0.1) is 0 Å². The van der Waals surface area contributed by atoms with Crippen LogP contribution in [0.15, 0.2) is 30.5 Å². The van der Waals surface area contributed by atoms with Crippen molar-refractivity contribution < 1.29 is 14.7 Å². The molecule has 2 N–H and O–H groups in total. The van der Waals surface area contributed by atoms with Crippen molar-refractivity contribution in [1.29, 1.82) is 0 Å². The Labute approximate surface area is 124 Å². The standard InChI is InChI=1S/C15H11ClN2O3/c16-9-6-11-10-5-8(13(19)3-4-14(20)21)1-2-12(10)18-15(11)17-7-9/h1-2,5-7H,3-4H2,(H,17,18)(H,20,21). The number of benzene rings is 1. The predicted molar refractivity (Wildman–Crippen MR) is 79.8 cm³/mol. The number of nitrogens with one attached hydrogen (secondary N) is 1. The van der Waals surface area contributed by atoms with E-state index >= 15 is 0 Å². The Hall–Kier alpha value is -2.40. The van der Waals surface area contributed by atoms with Crippen LogP contribution >= 0.6 is 11.6 Å². The summed E-state index contributed by atoms with van der Waals surface area (Å²) in [5, 5.41) is 10.8. The molecule has 0 aliphatic rings. The Morgan fingerprint density at radius 2 is 2.00 bits per heavy atom. The molecule has 0 bridgehead atoms. The van der Waals surface area contributed by atoms with E-state index in [1.54, 1.807) is 30.5 Å². The summed E-state index contributed by atoms with van der Waals surface area (Å²) in [6, 6.07) is 7.01. The van der Waals surface area contributed by atoms with Gasteiger partial charge < -0.3 is 10.1 Å². The zero-order valence-corrected chi connectivity index (χ0v) is 11.6. The fourth-order valence-corrected chi connectivity index (χ4v) is 2.44. The molecule has 0 radical (unpaired) electrons. The lowest BCUT2D eigenvalue weighted by atomic mass is 10.0. The number of hydrogen-bond donors (Lipinski definition) is 2. The van der Waals surface area contributed by atoms with E-state index in [1.165, 1.54) is 0 Å². The van der Waals surface area contributed by atoms with Gasteiger partial charge in [0, 0.05) is 34.5 Å². The molecule has 1 aromatic carbocycles. The average Bonchev–Trinajstić information content (AvgIpc) is 2.81. The summed E-state index contributed by atoms with van der Waals surface area (Å²) in [6.07, 6.45) is 1.37. The molecule has 0 saturated heterocycles. The Bertz CT molecular complexity index is 870. The summed E-state index contributed by atoms with van der Waals surface area (Å²) in [7, 11) is 0. The zero-order chi connectivity index (χ0) is 15.0. The molecule has 0 fully saturated rings. The summed E-state index contributed by atoms with van der Waals surface area (Å²) >= 11 is 5.95. The predicted octanol–water partition coefficient (Wildman–Crippen LogP) is 3.42. The van der Waals surface area contributed by atoms with E-state index in [-0.39, 0.29) is 18.6 Å². The van der Waals surface area contributed by atoms with Gasteiger partial charge in [0.1, 0.15) is 5.65 Å². The lowest BCUT2D eigenvalue weighted by molar-refractivity contribution is -0.136. The first kappa shape index (κ1) is 13.6. The molecule has 2 heterocycles. The van der Waals surface area contributed by atoms with Gasteiger partial charge in [-0.2, -0.15) is 0 Å². The summed E-state index contributed by atoms with van der Waals surface area (Å²) in [6.45, 7) is 0. The van der Waals surface area contributed by atoms with Crippen molar-refractivity contribution in [2.75, 3.05) is 0 Å². The number of H-pyrrole nitrogens is 1. The van der Waals surface area contributed by atoms with Crippen molar-refractivity contribution in [3.63, 3.8) is 0 Å². The fourth-order valence-electron chi connectivity index (χ4n) is 2.29. The summed E-state index contributed by atoms with van der Waals surface area (Å²) < 4.78 is 0. The number of carbonyl (C=O) groups excluding carboxylic acids is 1. The van der Waals surface area contributed by atoms with Crippen molar-refractivity contribution in [2.45, 2.75) is 12.8 Å². The maximum Gasteiger partial charge on any atom is 0.303 e. The molecule has 21 heavy (non-hydrogen) atoms. The van der Waals surface area contributed by atoms with Gasteiger partial charge in [0.2, 0.25) is 0 Å². The second-order valence-corrected chi connectivity index (χ2v) is 5.19. The van der Waals surface area contributed by atoms with Gasteiger partial charge in [-0.05, 0) is 24.3 Å². The molecule has 3 aromatic rings. The van der Waals surface area contributed by atoms with E-state index in [0.29, 0.717) is 16.2 Å². The first-order valence-corrected chi connectivity index (χ1v) is 6.74. The van der Waals surface area contributed by atoms with Crippen molar-refractivity contribution in [2.24, 2.45) is 0 Å². The third-order valence-corrected chi connectivity index (χ3v) is 3.51. The van der Waals surface area contributed by atoms with E-state index in [0.717, 1.165) is 16.3 Å². The number of nitrogens with zero attached hydrogens (tertiary/aromatic N) is 1. The van der Waals surface area contributed by atoms with E-state index < -0.39 is 5.97 Å². The van der Waals surface area contributed by atoms with Gasteiger partial charge in [-0.1, -0.05) is 11.6 Å². The highest BCUT2D eigenvalue weighted by Crippen LogP contribution is 2.27. The molecule has 5 nitrogen and oxygen atoms in total. The molecule has 0 aliphatic carbocycles. The van der Waals surface area contributed by atoms with Gasteiger partial charge >= 0.3 is 5.97 Å². The van der Waals surface area contributed by atoms with E-state index in [9.17, 15) is 9.59 Å². The van der Waals surface area contributed by atoms with Gasteiger partial charge in [-0.25, -0.2) is 4.98 Å². The number of carboxylic acids is 1. The molecule has 0 atom stereocenters. The normalized spacial score (nSPS) is 11.1. The molecular weight excluding hydrogens is 292 g/mol. The number of fused-ring (bicyclic) bond motifs is 3. The molecule has 2 aromatic heterocycles. The number of carboxylic acid groups (broad SMARTS) is 1. The Kier molecular flexibility index (Phi) is 3.35. The molecule has 0 spiro atoms. The van der Waals surface area contributed by atoms with Gasteiger partial charge in [0.05, 0.1) is 11.4 Å². The van der Waals surface area contributed by atoms with Gasteiger partial charge in [-0.3, -0.25) is 9.59 Å². The smallest absolute Gasteiger partial charge is 0.303 e. The number of hydrogen-bond acceptors (Lipinski definition) is 3. The van der Waals surface area contributed by atoms with Crippen molar-refractivity contribution in [3.8, 4) is 0 Å². The highest BCUT2D eigenvalue weighted by atomic mass is 35.5. The lowest BCUT2D eigenvalue weighted by Gasteiger charge is -2.00. The molecule has 6 heteroatoms. The van der Waals surface area contributed by atoms with E-state index in [1.807, 2.05) is 0 Å². The van der Waals surface area contributed by atoms with Crippen LogP contribution in [-0.2, 0) is 4.79 Å². The van der Waals surface area contributed by atoms with Crippen LogP contribution < -0.4 is 0 Å². The van der Waals surface area contributed by atoms with Crippen LogP contribution in [0.4, 0.5) is 0 Å². The van der Waals surface area contributed by atoms with Gasteiger partial charge in [0.25, 0.3) is 0 Å². The first-order valence-electron chi connectivity index (χ1n) is 6.36. The molecule has 0 amide bonds. The monoisotopic (exact) mass is 302 g/mol. The Morgan fingerprint density at radius 3 is 2.76 bits per heavy atom. The first-order chi connectivity index (χ1) is 10.0. The Balaban J connectivity index is 2.06. The number of carbonyl (C=O) groups is 2. The average molecular weight is 303 g/mol. The SMILES string of the molecule is O=C(O)CCC(=O)c1ccc2[nH]c3ncc(Cl)cc3c2c1. The molecule has 0 aliphatic heterocycles. The molecular formula is C15H11ClN2O3. The number of rotatable bonds is 4. The number of halogens is 1. The second kappa shape index (κ2) is 5.18. The minimum absolute atomic E-state index is 0.0117. The Morgan fingerprint density at radius 1 is 1.19 bits per heavy atom. The van der Waals surface area contributed by atoms with Crippen LogP contribution in [0, 0.1) is 0 Å². The number of aromatic amines is 1. The maximum absolute atomic E-state index is 12.0.